The van der Waals surface area contributed by atoms with Crippen molar-refractivity contribution in [2.45, 2.75) is 18.9 Å². The van der Waals surface area contributed by atoms with Gasteiger partial charge in [0.15, 0.2) is 6.04 Å². The fraction of sp³-hybridized carbons (Fsp3) is 0.467. The van der Waals surface area contributed by atoms with Gasteiger partial charge in [0.2, 0.25) is 5.91 Å². The lowest BCUT2D eigenvalue weighted by molar-refractivity contribution is -0.158. The number of aryl methyl sites for hydroxylation is 1. The molecule has 1 aliphatic rings. The van der Waals surface area contributed by atoms with Crippen LogP contribution in [0.15, 0.2) is 22.7 Å². The van der Waals surface area contributed by atoms with Crippen molar-refractivity contribution < 1.29 is 24.2 Å². The molecule has 0 bridgehead atoms. The highest BCUT2D eigenvalue weighted by Crippen LogP contribution is 2.24. The number of amides is 1. The molecule has 1 aliphatic heterocycles. The van der Waals surface area contributed by atoms with Crippen LogP contribution in [0.4, 0.5) is 0 Å². The topological polar surface area (TPSA) is 76.1 Å². The van der Waals surface area contributed by atoms with E-state index in [1.165, 1.54) is 4.90 Å². The second-order valence-corrected chi connectivity index (χ2v) is 5.89. The van der Waals surface area contributed by atoms with Crippen LogP contribution >= 0.6 is 15.9 Å². The van der Waals surface area contributed by atoms with Crippen LogP contribution < -0.4 is 4.74 Å². The van der Waals surface area contributed by atoms with Crippen LogP contribution in [-0.2, 0) is 20.7 Å². The highest BCUT2D eigenvalue weighted by atomic mass is 79.9. The largest absolute Gasteiger partial charge is 0.496 e. The number of carboxylic acids is 1. The van der Waals surface area contributed by atoms with Gasteiger partial charge in [-0.15, -0.1) is 0 Å². The number of carbonyl (C=O) groups is 2. The molecule has 0 radical (unpaired) electrons. The second-order valence-electron chi connectivity index (χ2n) is 4.97. The highest BCUT2D eigenvalue weighted by molar-refractivity contribution is 9.10. The number of methoxy groups -OCH3 is 1. The molecular formula is C15H18BrNO5. The van der Waals surface area contributed by atoms with E-state index in [0.717, 1.165) is 10.0 Å². The van der Waals surface area contributed by atoms with Crippen molar-refractivity contribution in [1.82, 2.24) is 4.90 Å². The molecule has 0 aliphatic carbocycles. The standard InChI is InChI=1S/C15H18BrNO5/c1-21-13-4-3-11(16)8-10(13)2-5-14(18)17-6-7-22-9-12(17)15(19)20/h3-4,8,12H,2,5-7,9H2,1H3,(H,19,20). The third-order valence-electron chi connectivity index (χ3n) is 3.58. The Morgan fingerprint density at radius 3 is 2.95 bits per heavy atom. The fourth-order valence-corrected chi connectivity index (χ4v) is 2.84. The van der Waals surface area contributed by atoms with Gasteiger partial charge in [0.05, 0.1) is 20.3 Å². The van der Waals surface area contributed by atoms with Crippen molar-refractivity contribution in [2.24, 2.45) is 0 Å². The molecule has 1 aromatic carbocycles. The first-order valence-electron chi connectivity index (χ1n) is 6.95. The number of carbonyl (C=O) groups excluding carboxylic acids is 1. The zero-order valence-electron chi connectivity index (χ0n) is 12.3. The summed E-state index contributed by atoms with van der Waals surface area (Å²) in [5.74, 6) is -0.501. The van der Waals surface area contributed by atoms with E-state index in [0.29, 0.717) is 25.3 Å². The van der Waals surface area contributed by atoms with E-state index in [9.17, 15) is 9.59 Å². The second kappa shape index (κ2) is 7.60. The molecule has 0 aromatic heterocycles. The molecule has 7 heteroatoms. The molecular weight excluding hydrogens is 354 g/mol. The molecule has 2 rings (SSSR count). The molecule has 1 N–H and O–H groups in total. The number of hydrogen-bond donors (Lipinski definition) is 1. The third kappa shape index (κ3) is 3.98. The van der Waals surface area contributed by atoms with Gasteiger partial charge in [0.1, 0.15) is 5.75 Å². The molecule has 1 atom stereocenters. The van der Waals surface area contributed by atoms with Crippen LogP contribution in [0.5, 0.6) is 5.75 Å². The molecule has 1 saturated heterocycles. The number of nitrogens with zero attached hydrogens (tertiary/aromatic N) is 1. The summed E-state index contributed by atoms with van der Waals surface area (Å²) in [6.45, 7) is 0.725. The van der Waals surface area contributed by atoms with E-state index in [2.05, 4.69) is 15.9 Å². The van der Waals surface area contributed by atoms with Gasteiger partial charge < -0.3 is 19.5 Å². The predicted octanol–water partition coefficient (Wildman–Crippen LogP) is 1.70. The first kappa shape index (κ1) is 16.8. The van der Waals surface area contributed by atoms with Gasteiger partial charge in [0, 0.05) is 17.4 Å². The predicted molar refractivity (Wildman–Crippen MR) is 83.0 cm³/mol. The molecule has 120 valence electrons. The maximum atomic E-state index is 12.3. The Hall–Kier alpha value is -1.60. The van der Waals surface area contributed by atoms with E-state index >= 15 is 0 Å². The Bertz CT molecular complexity index is 563. The van der Waals surface area contributed by atoms with Crippen LogP contribution in [0.1, 0.15) is 12.0 Å². The number of benzene rings is 1. The smallest absolute Gasteiger partial charge is 0.328 e. The van der Waals surface area contributed by atoms with E-state index in [1.54, 1.807) is 7.11 Å². The minimum Gasteiger partial charge on any atom is -0.496 e. The summed E-state index contributed by atoms with van der Waals surface area (Å²) in [6.07, 6.45) is 0.724. The lowest BCUT2D eigenvalue weighted by Crippen LogP contribution is -2.52. The van der Waals surface area contributed by atoms with Crippen molar-refractivity contribution >= 4 is 27.8 Å². The van der Waals surface area contributed by atoms with Gasteiger partial charge in [-0.05, 0) is 30.2 Å². The molecule has 1 unspecified atom stereocenters. The molecule has 6 nitrogen and oxygen atoms in total. The molecule has 22 heavy (non-hydrogen) atoms. The summed E-state index contributed by atoms with van der Waals surface area (Å²) < 4.78 is 11.3. The summed E-state index contributed by atoms with van der Waals surface area (Å²) in [4.78, 5) is 24.9. The maximum Gasteiger partial charge on any atom is 0.328 e. The first-order chi connectivity index (χ1) is 10.5. The Kier molecular flexibility index (Phi) is 5.79. The van der Waals surface area contributed by atoms with Crippen molar-refractivity contribution in [3.63, 3.8) is 0 Å². The summed E-state index contributed by atoms with van der Waals surface area (Å²) in [5, 5.41) is 9.16. The van der Waals surface area contributed by atoms with E-state index in [1.807, 2.05) is 18.2 Å². The van der Waals surface area contributed by atoms with Gasteiger partial charge in [0.25, 0.3) is 0 Å². The van der Waals surface area contributed by atoms with Crippen molar-refractivity contribution in [2.75, 3.05) is 26.9 Å². The monoisotopic (exact) mass is 371 g/mol. The zero-order valence-corrected chi connectivity index (χ0v) is 13.8. The van der Waals surface area contributed by atoms with E-state index in [-0.39, 0.29) is 18.9 Å². The highest BCUT2D eigenvalue weighted by Gasteiger charge is 2.32. The van der Waals surface area contributed by atoms with E-state index < -0.39 is 12.0 Å². The molecule has 1 aromatic rings. The minimum atomic E-state index is -1.03. The van der Waals surface area contributed by atoms with Crippen molar-refractivity contribution in [3.8, 4) is 5.75 Å². The number of rotatable bonds is 5. The first-order valence-corrected chi connectivity index (χ1v) is 7.74. The quantitative estimate of drug-likeness (QED) is 0.852. The molecule has 0 spiro atoms. The van der Waals surface area contributed by atoms with Gasteiger partial charge in [-0.25, -0.2) is 4.79 Å². The van der Waals surface area contributed by atoms with Crippen LogP contribution in [0.2, 0.25) is 0 Å². The van der Waals surface area contributed by atoms with Crippen molar-refractivity contribution in [3.05, 3.63) is 28.2 Å². The van der Waals surface area contributed by atoms with Crippen molar-refractivity contribution in [1.29, 1.82) is 0 Å². The lowest BCUT2D eigenvalue weighted by atomic mass is 10.1. The van der Waals surface area contributed by atoms with Crippen LogP contribution in [0.3, 0.4) is 0 Å². The fourth-order valence-electron chi connectivity index (χ4n) is 2.43. The maximum absolute atomic E-state index is 12.3. The minimum absolute atomic E-state index is 0.0429. The lowest BCUT2D eigenvalue weighted by Gasteiger charge is -2.33. The SMILES string of the molecule is COc1ccc(Br)cc1CCC(=O)N1CCOCC1C(=O)O. The number of aliphatic carboxylic acids is 1. The van der Waals surface area contributed by atoms with Crippen LogP contribution in [0.25, 0.3) is 0 Å². The molecule has 1 heterocycles. The summed E-state index contributed by atoms with van der Waals surface area (Å²) in [5.41, 5.74) is 0.908. The van der Waals surface area contributed by atoms with Crippen LogP contribution in [-0.4, -0.2) is 54.8 Å². The zero-order chi connectivity index (χ0) is 16.1. The molecule has 1 fully saturated rings. The number of morpholine rings is 1. The van der Waals surface area contributed by atoms with Crippen LogP contribution in [0, 0.1) is 0 Å². The summed E-state index contributed by atoms with van der Waals surface area (Å²) in [6, 6.07) is 4.71. The van der Waals surface area contributed by atoms with Gasteiger partial charge in [-0.3, -0.25) is 4.79 Å². The summed E-state index contributed by atoms with van der Waals surface area (Å²) in [7, 11) is 1.58. The number of hydrogen-bond acceptors (Lipinski definition) is 4. The number of ether oxygens (including phenoxy) is 2. The average Bonchev–Trinajstić information content (AvgIpc) is 2.52. The van der Waals surface area contributed by atoms with Gasteiger partial charge in [-0.2, -0.15) is 0 Å². The Balaban J connectivity index is 2.03. The Labute approximate surface area is 137 Å². The summed E-state index contributed by atoms with van der Waals surface area (Å²) >= 11 is 3.39. The Morgan fingerprint density at radius 2 is 2.27 bits per heavy atom. The Morgan fingerprint density at radius 1 is 1.50 bits per heavy atom. The van der Waals surface area contributed by atoms with E-state index in [4.69, 9.17) is 14.6 Å². The normalized spacial score (nSPS) is 18.1. The number of halogens is 1. The average molecular weight is 372 g/mol. The van der Waals surface area contributed by atoms with Gasteiger partial charge >= 0.3 is 5.97 Å². The molecule has 0 saturated carbocycles. The van der Waals surface area contributed by atoms with Gasteiger partial charge in [-0.1, -0.05) is 15.9 Å². The third-order valence-corrected chi connectivity index (χ3v) is 4.08. The number of carboxylic acid groups (broad SMARTS) is 1. The molecule has 1 amide bonds.